The fourth-order valence-corrected chi connectivity index (χ4v) is 3.76. The van der Waals surface area contributed by atoms with Gasteiger partial charge >= 0.3 is 0 Å². The molecule has 2 aromatic heterocycles. The minimum Gasteiger partial charge on any atom is -0.345 e. The molecule has 0 unspecified atom stereocenters. The summed E-state index contributed by atoms with van der Waals surface area (Å²) < 4.78 is 4.14. The summed E-state index contributed by atoms with van der Waals surface area (Å²) >= 11 is 15.4. The third-order valence-electron chi connectivity index (χ3n) is 4.45. The van der Waals surface area contributed by atoms with Crippen LogP contribution in [0.5, 0.6) is 0 Å². The normalized spacial score (nSPS) is 10.8. The second-order valence-electron chi connectivity index (χ2n) is 6.49. The van der Waals surface area contributed by atoms with E-state index in [1.165, 1.54) is 0 Å². The Morgan fingerprint density at radius 2 is 1.86 bits per heavy atom. The van der Waals surface area contributed by atoms with E-state index < -0.39 is 5.91 Å². The first-order valence-corrected chi connectivity index (χ1v) is 10.1. The Hall–Kier alpha value is -2.29. The third-order valence-corrected chi connectivity index (χ3v) is 5.62. The van der Waals surface area contributed by atoms with Gasteiger partial charge in [-0.15, -0.1) is 0 Å². The van der Waals surface area contributed by atoms with Crippen LogP contribution in [0.25, 0.3) is 5.69 Å². The first-order valence-electron chi connectivity index (χ1n) is 8.59. The molecule has 2 heterocycles. The number of nitrogens with one attached hydrogen (secondary N) is 2. The molecule has 0 atom stereocenters. The summed E-state index contributed by atoms with van der Waals surface area (Å²) in [7, 11) is 1.74. The predicted molar refractivity (Wildman–Crippen MR) is 115 cm³/mol. The molecule has 0 radical (unpaired) electrons. The average molecular weight is 499 g/mol. The summed E-state index contributed by atoms with van der Waals surface area (Å²) in [6, 6.07) is 6.87. The summed E-state index contributed by atoms with van der Waals surface area (Å²) in [4.78, 5) is 24.6. The van der Waals surface area contributed by atoms with Gasteiger partial charge < -0.3 is 4.57 Å². The van der Waals surface area contributed by atoms with Gasteiger partial charge in [0.1, 0.15) is 5.69 Å². The van der Waals surface area contributed by atoms with Gasteiger partial charge in [-0.1, -0.05) is 23.2 Å². The van der Waals surface area contributed by atoms with Crippen molar-refractivity contribution < 1.29 is 9.59 Å². The lowest BCUT2D eigenvalue weighted by Gasteiger charge is -2.09. The molecule has 10 heteroatoms. The van der Waals surface area contributed by atoms with E-state index >= 15 is 0 Å². The number of aryl methyl sites for hydroxylation is 2. The van der Waals surface area contributed by atoms with Crippen LogP contribution in [-0.4, -0.2) is 26.2 Å². The van der Waals surface area contributed by atoms with Gasteiger partial charge in [-0.25, -0.2) is 4.68 Å². The maximum Gasteiger partial charge on any atom is 0.286 e. The van der Waals surface area contributed by atoms with E-state index in [2.05, 4.69) is 31.9 Å². The van der Waals surface area contributed by atoms with Gasteiger partial charge in [0, 0.05) is 29.0 Å². The molecular weight excluding hydrogens is 481 g/mol. The Morgan fingerprint density at radius 1 is 1.14 bits per heavy atom. The Labute approximate surface area is 186 Å². The Bertz CT molecular complexity index is 1110. The molecule has 0 saturated heterocycles. The van der Waals surface area contributed by atoms with Crippen molar-refractivity contribution >= 4 is 50.9 Å². The highest BCUT2D eigenvalue weighted by molar-refractivity contribution is 9.10. The van der Waals surface area contributed by atoms with Crippen LogP contribution in [0.2, 0.25) is 10.0 Å². The molecule has 1 aromatic carbocycles. The van der Waals surface area contributed by atoms with Gasteiger partial charge in [-0.3, -0.25) is 20.4 Å². The van der Waals surface area contributed by atoms with E-state index in [9.17, 15) is 9.59 Å². The first-order chi connectivity index (χ1) is 13.7. The van der Waals surface area contributed by atoms with E-state index in [1.807, 2.05) is 13.8 Å². The van der Waals surface area contributed by atoms with E-state index in [0.29, 0.717) is 21.4 Å². The van der Waals surface area contributed by atoms with Crippen LogP contribution in [0.1, 0.15) is 27.4 Å². The zero-order valence-corrected chi connectivity index (χ0v) is 19.0. The van der Waals surface area contributed by atoms with Crippen molar-refractivity contribution in [3.8, 4) is 5.69 Å². The van der Waals surface area contributed by atoms with E-state index in [-0.39, 0.29) is 12.3 Å². The highest BCUT2D eigenvalue weighted by Gasteiger charge is 2.18. The maximum absolute atomic E-state index is 12.4. The lowest BCUT2D eigenvalue weighted by atomic mass is 10.1. The Morgan fingerprint density at radius 3 is 2.48 bits per heavy atom. The average Bonchev–Trinajstić information content (AvgIpc) is 3.15. The smallest absolute Gasteiger partial charge is 0.286 e. The van der Waals surface area contributed by atoms with Crippen LogP contribution in [0, 0.1) is 13.8 Å². The van der Waals surface area contributed by atoms with Gasteiger partial charge in [0.05, 0.1) is 27.8 Å². The lowest BCUT2D eigenvalue weighted by Crippen LogP contribution is -2.43. The van der Waals surface area contributed by atoms with E-state index in [1.54, 1.807) is 46.8 Å². The molecule has 2 amide bonds. The van der Waals surface area contributed by atoms with Crippen molar-refractivity contribution in [2.45, 2.75) is 20.3 Å². The number of aromatic nitrogens is 3. The number of hydrogen-bond donors (Lipinski definition) is 2. The van der Waals surface area contributed by atoms with Crippen molar-refractivity contribution in [2.24, 2.45) is 7.05 Å². The lowest BCUT2D eigenvalue weighted by molar-refractivity contribution is -0.121. The Balaban J connectivity index is 1.70. The maximum atomic E-state index is 12.4. The van der Waals surface area contributed by atoms with Gasteiger partial charge in [0.2, 0.25) is 5.91 Å². The number of nitrogens with zero attached hydrogens (tertiary/aromatic N) is 3. The minimum absolute atomic E-state index is 0.0656. The number of rotatable bonds is 4. The molecule has 152 valence electrons. The fourth-order valence-electron chi connectivity index (χ4n) is 2.94. The highest BCUT2D eigenvalue weighted by Crippen LogP contribution is 2.26. The number of hydrogen-bond acceptors (Lipinski definition) is 3. The van der Waals surface area contributed by atoms with Crippen molar-refractivity contribution in [2.75, 3.05) is 0 Å². The van der Waals surface area contributed by atoms with Crippen molar-refractivity contribution in [1.29, 1.82) is 0 Å². The summed E-state index contributed by atoms with van der Waals surface area (Å²) in [5, 5.41) is 5.38. The molecule has 2 N–H and O–H groups in total. The quantitative estimate of drug-likeness (QED) is 0.535. The van der Waals surface area contributed by atoms with Crippen LogP contribution in [0.4, 0.5) is 0 Å². The fraction of sp³-hybridized carbons (Fsp3) is 0.211. The highest BCUT2D eigenvalue weighted by atomic mass is 79.9. The van der Waals surface area contributed by atoms with Crippen molar-refractivity contribution in [1.82, 2.24) is 25.2 Å². The molecule has 0 aliphatic rings. The number of amides is 2. The molecule has 0 fully saturated rings. The second-order valence-corrected chi connectivity index (χ2v) is 8.22. The zero-order valence-electron chi connectivity index (χ0n) is 15.9. The topological polar surface area (TPSA) is 81.0 Å². The molecule has 0 saturated carbocycles. The van der Waals surface area contributed by atoms with E-state index in [0.717, 1.165) is 21.4 Å². The summed E-state index contributed by atoms with van der Waals surface area (Å²) in [5.41, 5.74) is 8.30. The van der Waals surface area contributed by atoms with E-state index in [4.69, 9.17) is 23.2 Å². The van der Waals surface area contributed by atoms with Gasteiger partial charge in [-0.2, -0.15) is 5.10 Å². The summed E-state index contributed by atoms with van der Waals surface area (Å²) in [5.74, 6) is -0.766. The molecule has 3 aromatic rings. The number of hydrazine groups is 1. The van der Waals surface area contributed by atoms with Gasteiger partial charge in [0.15, 0.2) is 0 Å². The van der Waals surface area contributed by atoms with Crippen LogP contribution < -0.4 is 10.9 Å². The standard InChI is InChI=1S/C19H18BrCl2N5O2/c1-10-14(11(2)27(25-10)13-4-5-15(21)16(22)7-13)8-18(28)23-24-19(29)17-6-12(20)9-26(17)3/h4-7,9H,8H2,1-3H3,(H,23,28)(H,24,29). The number of carbonyl (C=O) groups excluding carboxylic acids is 2. The number of halogens is 3. The van der Waals surface area contributed by atoms with Crippen molar-refractivity contribution in [3.05, 3.63) is 67.6 Å². The molecular formula is C19H18BrCl2N5O2. The first kappa shape index (κ1) is 21.4. The van der Waals surface area contributed by atoms with Gasteiger partial charge in [0.25, 0.3) is 5.91 Å². The molecule has 0 aliphatic carbocycles. The minimum atomic E-state index is -0.411. The SMILES string of the molecule is Cc1nn(-c2ccc(Cl)c(Cl)c2)c(C)c1CC(=O)NNC(=O)c1cc(Br)cn1C. The summed E-state index contributed by atoms with van der Waals surface area (Å²) in [6.45, 7) is 3.69. The van der Waals surface area contributed by atoms with Gasteiger partial charge in [-0.05, 0) is 54.0 Å². The van der Waals surface area contributed by atoms with Crippen LogP contribution >= 0.6 is 39.1 Å². The predicted octanol–water partition coefficient (Wildman–Crippen LogP) is 3.90. The number of carbonyl (C=O) groups is 2. The van der Waals surface area contributed by atoms with Crippen LogP contribution in [-0.2, 0) is 18.3 Å². The summed E-state index contributed by atoms with van der Waals surface area (Å²) in [6.07, 6.45) is 1.82. The molecule has 0 spiro atoms. The molecule has 29 heavy (non-hydrogen) atoms. The number of benzene rings is 1. The largest absolute Gasteiger partial charge is 0.345 e. The second kappa shape index (κ2) is 8.61. The Kier molecular flexibility index (Phi) is 6.36. The zero-order chi connectivity index (χ0) is 21.3. The van der Waals surface area contributed by atoms with Crippen LogP contribution in [0.15, 0.2) is 34.9 Å². The molecule has 0 aliphatic heterocycles. The van der Waals surface area contributed by atoms with Crippen LogP contribution in [0.3, 0.4) is 0 Å². The molecule has 0 bridgehead atoms. The van der Waals surface area contributed by atoms with Crippen molar-refractivity contribution in [3.63, 3.8) is 0 Å². The third kappa shape index (κ3) is 4.66. The monoisotopic (exact) mass is 497 g/mol. The molecule has 7 nitrogen and oxygen atoms in total. The molecule has 3 rings (SSSR count).